The smallest absolute Gasteiger partial charge is 0.333 e. The van der Waals surface area contributed by atoms with E-state index in [1.54, 1.807) is 6.92 Å². The van der Waals surface area contributed by atoms with E-state index in [0.29, 0.717) is 18.0 Å². The molecule has 0 fully saturated rings. The number of benzene rings is 1. The van der Waals surface area contributed by atoms with Crippen LogP contribution in [0.4, 0.5) is 0 Å². The van der Waals surface area contributed by atoms with Crippen molar-refractivity contribution in [2.75, 3.05) is 0 Å². The number of imidazole rings is 1. The number of nitrogens with zero attached hydrogens (tertiary/aromatic N) is 1. The molecule has 0 unspecified atom stereocenters. The molecule has 6 heteroatoms. The predicted molar refractivity (Wildman–Crippen MR) is 94.8 cm³/mol. The Bertz CT molecular complexity index is 754. The van der Waals surface area contributed by atoms with Crippen LogP contribution < -0.4 is 5.69 Å². The number of aromatic amines is 1. The predicted octanol–water partition coefficient (Wildman–Crippen LogP) is 3.70. The molecule has 0 saturated carbocycles. The first-order valence-electron chi connectivity index (χ1n) is 7.77. The molecule has 0 aliphatic heterocycles. The number of aryl methyl sites for hydroxylation is 1. The van der Waals surface area contributed by atoms with E-state index < -0.39 is 8.32 Å². The minimum atomic E-state index is -1.89. The highest BCUT2D eigenvalue weighted by Gasteiger charge is 2.37. The van der Waals surface area contributed by atoms with Crippen molar-refractivity contribution in [1.82, 2.24) is 9.55 Å². The lowest BCUT2D eigenvalue weighted by atomic mass is 10.2. The van der Waals surface area contributed by atoms with Gasteiger partial charge in [-0.3, -0.25) is 0 Å². The average Bonchev–Trinajstić information content (AvgIpc) is 2.69. The lowest BCUT2D eigenvalue weighted by Crippen LogP contribution is -2.40. The standard InChI is InChI=1S/C17H26N2O3Si/c1-12-15(20)19(16(21)18-12)14-10-8-7-9-13(14)11-22-23(5,6)17(2,3)4/h7-10,20H,11H2,1-6H3,(H,18,21). The summed E-state index contributed by atoms with van der Waals surface area (Å²) in [7, 11) is -1.89. The minimum Gasteiger partial charge on any atom is -0.493 e. The number of nitrogens with one attached hydrogen (secondary N) is 1. The maximum atomic E-state index is 12.1. The van der Waals surface area contributed by atoms with Gasteiger partial charge in [0.15, 0.2) is 8.32 Å². The normalized spacial score (nSPS) is 12.6. The van der Waals surface area contributed by atoms with Crippen LogP contribution >= 0.6 is 0 Å². The molecule has 1 heterocycles. The first-order chi connectivity index (χ1) is 10.5. The van der Waals surface area contributed by atoms with Crippen molar-refractivity contribution in [3.05, 3.63) is 46.0 Å². The summed E-state index contributed by atoms with van der Waals surface area (Å²) in [4.78, 5) is 14.7. The molecule has 23 heavy (non-hydrogen) atoms. The zero-order valence-corrected chi connectivity index (χ0v) is 15.7. The van der Waals surface area contributed by atoms with E-state index in [4.69, 9.17) is 4.43 Å². The Labute approximate surface area is 138 Å². The second-order valence-corrected chi connectivity index (χ2v) is 12.2. The molecule has 2 N–H and O–H groups in total. The first kappa shape index (κ1) is 17.6. The van der Waals surface area contributed by atoms with Gasteiger partial charge in [-0.1, -0.05) is 39.0 Å². The van der Waals surface area contributed by atoms with Gasteiger partial charge in [-0.25, -0.2) is 9.36 Å². The molecule has 0 aliphatic rings. The third-order valence-electron chi connectivity index (χ3n) is 4.67. The maximum Gasteiger partial charge on any atom is 0.333 e. The van der Waals surface area contributed by atoms with E-state index in [1.165, 1.54) is 4.57 Å². The van der Waals surface area contributed by atoms with Gasteiger partial charge in [0.2, 0.25) is 5.88 Å². The van der Waals surface area contributed by atoms with Crippen LogP contribution in [0.2, 0.25) is 18.1 Å². The quantitative estimate of drug-likeness (QED) is 0.838. The minimum absolute atomic E-state index is 0.0604. The Morgan fingerprint density at radius 3 is 2.39 bits per heavy atom. The molecule has 0 spiro atoms. The molecule has 0 atom stereocenters. The van der Waals surface area contributed by atoms with Crippen LogP contribution in [0.3, 0.4) is 0 Å². The van der Waals surface area contributed by atoms with Gasteiger partial charge in [-0.15, -0.1) is 0 Å². The number of aromatic hydroxyl groups is 1. The van der Waals surface area contributed by atoms with E-state index in [9.17, 15) is 9.90 Å². The van der Waals surface area contributed by atoms with Crippen molar-refractivity contribution in [3.8, 4) is 11.6 Å². The van der Waals surface area contributed by atoms with Crippen molar-refractivity contribution in [2.45, 2.75) is 52.4 Å². The van der Waals surface area contributed by atoms with Crippen LogP contribution in [0.1, 0.15) is 32.0 Å². The monoisotopic (exact) mass is 334 g/mol. The SMILES string of the molecule is Cc1[nH]c(=O)n(-c2ccccc2CO[Si](C)(C)C(C)(C)C)c1O. The molecule has 5 nitrogen and oxygen atoms in total. The second-order valence-electron chi connectivity index (χ2n) is 7.39. The molecule has 0 bridgehead atoms. The molecular weight excluding hydrogens is 308 g/mol. The van der Waals surface area contributed by atoms with Crippen LogP contribution in [0.25, 0.3) is 5.69 Å². The lowest BCUT2D eigenvalue weighted by Gasteiger charge is -2.36. The molecular formula is C17H26N2O3Si. The number of para-hydroxylation sites is 1. The number of H-pyrrole nitrogens is 1. The second kappa shape index (κ2) is 6.01. The average molecular weight is 334 g/mol. The number of hydrogen-bond donors (Lipinski definition) is 2. The van der Waals surface area contributed by atoms with Gasteiger partial charge in [0.05, 0.1) is 18.0 Å². The molecule has 126 valence electrons. The number of rotatable bonds is 4. The molecule has 2 aromatic rings. The summed E-state index contributed by atoms with van der Waals surface area (Å²) in [6.07, 6.45) is 0. The Morgan fingerprint density at radius 2 is 1.87 bits per heavy atom. The summed E-state index contributed by atoms with van der Waals surface area (Å²) >= 11 is 0. The highest BCUT2D eigenvalue weighted by molar-refractivity contribution is 6.74. The van der Waals surface area contributed by atoms with Gasteiger partial charge in [-0.2, -0.15) is 0 Å². The van der Waals surface area contributed by atoms with Gasteiger partial charge < -0.3 is 14.5 Å². The molecule has 0 saturated heterocycles. The van der Waals surface area contributed by atoms with Crippen molar-refractivity contribution >= 4 is 8.32 Å². The van der Waals surface area contributed by atoms with E-state index in [0.717, 1.165) is 5.56 Å². The third kappa shape index (κ3) is 3.43. The highest BCUT2D eigenvalue weighted by Crippen LogP contribution is 2.37. The van der Waals surface area contributed by atoms with Gasteiger partial charge in [0.1, 0.15) is 0 Å². The summed E-state index contributed by atoms with van der Waals surface area (Å²) in [6, 6.07) is 7.50. The topological polar surface area (TPSA) is 67.2 Å². The van der Waals surface area contributed by atoms with E-state index >= 15 is 0 Å². The zero-order valence-electron chi connectivity index (χ0n) is 14.7. The third-order valence-corrected chi connectivity index (χ3v) is 9.15. The van der Waals surface area contributed by atoms with Gasteiger partial charge >= 0.3 is 5.69 Å². The summed E-state index contributed by atoms with van der Waals surface area (Å²) in [5.74, 6) is -0.0604. The van der Waals surface area contributed by atoms with Crippen molar-refractivity contribution in [1.29, 1.82) is 0 Å². The maximum absolute atomic E-state index is 12.1. The fraction of sp³-hybridized carbons (Fsp3) is 0.471. The van der Waals surface area contributed by atoms with Crippen LogP contribution in [-0.4, -0.2) is 23.0 Å². The van der Waals surface area contributed by atoms with Crippen molar-refractivity contribution in [2.24, 2.45) is 0 Å². The summed E-state index contributed by atoms with van der Waals surface area (Å²) in [6.45, 7) is 13.1. The first-order valence-corrected chi connectivity index (χ1v) is 10.7. The summed E-state index contributed by atoms with van der Waals surface area (Å²) < 4.78 is 7.55. The molecule has 2 rings (SSSR count). The van der Waals surface area contributed by atoms with Gasteiger partial charge in [-0.05, 0) is 31.1 Å². The number of aromatic nitrogens is 2. The Hall–Kier alpha value is -1.79. The number of hydrogen-bond acceptors (Lipinski definition) is 3. The fourth-order valence-corrected chi connectivity index (χ4v) is 3.03. The van der Waals surface area contributed by atoms with Crippen LogP contribution in [0.5, 0.6) is 5.88 Å². The molecule has 0 amide bonds. The van der Waals surface area contributed by atoms with Crippen LogP contribution in [0.15, 0.2) is 29.1 Å². The van der Waals surface area contributed by atoms with Crippen LogP contribution in [0, 0.1) is 6.92 Å². The van der Waals surface area contributed by atoms with E-state index in [-0.39, 0.29) is 16.6 Å². The Balaban J connectivity index is 2.38. The zero-order chi connectivity index (χ0) is 17.4. The van der Waals surface area contributed by atoms with Gasteiger partial charge in [0.25, 0.3) is 0 Å². The molecule has 0 radical (unpaired) electrons. The Morgan fingerprint density at radius 1 is 1.26 bits per heavy atom. The van der Waals surface area contributed by atoms with Crippen molar-refractivity contribution < 1.29 is 9.53 Å². The summed E-state index contributed by atoms with van der Waals surface area (Å²) in [5.41, 5.74) is 1.64. The molecule has 0 aliphatic carbocycles. The highest BCUT2D eigenvalue weighted by atomic mass is 28.4. The molecule has 1 aromatic carbocycles. The van der Waals surface area contributed by atoms with Crippen LogP contribution in [-0.2, 0) is 11.0 Å². The lowest BCUT2D eigenvalue weighted by molar-refractivity contribution is 0.276. The fourth-order valence-electron chi connectivity index (χ4n) is 2.09. The van der Waals surface area contributed by atoms with E-state index in [2.05, 4.69) is 38.8 Å². The Kier molecular flexibility index (Phi) is 4.59. The summed E-state index contributed by atoms with van der Waals surface area (Å²) in [5, 5.41) is 10.3. The largest absolute Gasteiger partial charge is 0.493 e. The van der Waals surface area contributed by atoms with E-state index in [1.807, 2.05) is 24.3 Å². The molecule has 1 aromatic heterocycles. The van der Waals surface area contributed by atoms with Crippen molar-refractivity contribution in [3.63, 3.8) is 0 Å². The van der Waals surface area contributed by atoms with Gasteiger partial charge in [0, 0.05) is 5.56 Å².